The van der Waals surface area contributed by atoms with Crippen molar-refractivity contribution in [3.8, 4) is 11.5 Å². The molecule has 0 heterocycles. The van der Waals surface area contributed by atoms with Crippen molar-refractivity contribution in [3.63, 3.8) is 0 Å². The van der Waals surface area contributed by atoms with Crippen LogP contribution in [0, 0.1) is 15.4 Å². The molecule has 4 nitrogen and oxygen atoms in total. The van der Waals surface area contributed by atoms with Gasteiger partial charge >= 0.3 is 7.12 Å². The topological polar surface area (TPSA) is 58.9 Å². The van der Waals surface area contributed by atoms with Crippen LogP contribution >= 0.6 is 22.6 Å². The molecule has 2 aromatic rings. The molecule has 138 valence electrons. The van der Waals surface area contributed by atoms with Crippen LogP contribution in [0.2, 0.25) is 0 Å². The Labute approximate surface area is 168 Å². The molecule has 0 bridgehead atoms. The molecule has 4 rings (SSSR count). The maximum absolute atomic E-state index is 8.86. The molecular formula is C20H24BIO4. The van der Waals surface area contributed by atoms with Crippen LogP contribution in [0.15, 0.2) is 48.5 Å². The first kappa shape index (κ1) is 19.5. The molecule has 0 unspecified atom stereocenters. The largest absolute Gasteiger partial charge is 0.493 e. The Balaban J connectivity index is 0.000000152. The van der Waals surface area contributed by atoms with E-state index in [1.807, 2.05) is 12.1 Å². The Morgan fingerprint density at radius 1 is 0.769 bits per heavy atom. The van der Waals surface area contributed by atoms with E-state index in [2.05, 4.69) is 34.7 Å². The molecule has 2 aliphatic carbocycles. The highest BCUT2D eigenvalue weighted by Crippen LogP contribution is 2.30. The molecule has 0 amide bonds. The monoisotopic (exact) mass is 466 g/mol. The predicted molar refractivity (Wildman–Crippen MR) is 112 cm³/mol. The van der Waals surface area contributed by atoms with E-state index in [1.165, 1.54) is 29.3 Å². The minimum absolute atomic E-state index is 0.490. The maximum Gasteiger partial charge on any atom is 0.488 e. The van der Waals surface area contributed by atoms with E-state index in [-0.39, 0.29) is 0 Å². The molecular weight excluding hydrogens is 442 g/mol. The molecule has 2 saturated carbocycles. The van der Waals surface area contributed by atoms with Gasteiger partial charge in [-0.3, -0.25) is 0 Å². The molecule has 0 radical (unpaired) electrons. The summed E-state index contributed by atoms with van der Waals surface area (Å²) in [6, 6.07) is 15.0. The van der Waals surface area contributed by atoms with E-state index < -0.39 is 7.12 Å². The normalized spacial score (nSPS) is 15.7. The summed E-state index contributed by atoms with van der Waals surface area (Å²) < 4.78 is 12.3. The van der Waals surface area contributed by atoms with Crippen LogP contribution in [-0.2, 0) is 0 Å². The van der Waals surface area contributed by atoms with Gasteiger partial charge in [0.25, 0.3) is 0 Å². The lowest BCUT2D eigenvalue weighted by atomic mass is 9.80. The summed E-state index contributed by atoms with van der Waals surface area (Å²) in [6.07, 6.45) is 5.25. The first-order chi connectivity index (χ1) is 12.6. The van der Waals surface area contributed by atoms with Gasteiger partial charge in [0.05, 0.1) is 13.2 Å². The lowest BCUT2D eigenvalue weighted by molar-refractivity contribution is 0.299. The highest BCUT2D eigenvalue weighted by atomic mass is 127. The first-order valence-corrected chi connectivity index (χ1v) is 10.2. The van der Waals surface area contributed by atoms with Crippen LogP contribution < -0.4 is 14.9 Å². The number of hydrogen-bond acceptors (Lipinski definition) is 4. The lowest BCUT2D eigenvalue weighted by Crippen LogP contribution is -2.29. The predicted octanol–water partition coefficient (Wildman–Crippen LogP) is 3.24. The minimum Gasteiger partial charge on any atom is -0.493 e. The molecule has 2 fully saturated rings. The van der Waals surface area contributed by atoms with Crippen LogP contribution in [0.3, 0.4) is 0 Å². The van der Waals surface area contributed by atoms with Crippen molar-refractivity contribution < 1.29 is 19.5 Å². The summed E-state index contributed by atoms with van der Waals surface area (Å²) in [5, 5.41) is 17.7. The number of hydrogen-bond donors (Lipinski definition) is 2. The van der Waals surface area contributed by atoms with Crippen molar-refractivity contribution in [2.24, 2.45) is 11.8 Å². The number of ether oxygens (including phenoxy) is 2. The van der Waals surface area contributed by atoms with E-state index in [0.29, 0.717) is 5.46 Å². The molecule has 2 aromatic carbocycles. The van der Waals surface area contributed by atoms with Gasteiger partial charge < -0.3 is 19.5 Å². The Kier molecular flexibility index (Phi) is 7.22. The van der Waals surface area contributed by atoms with Crippen LogP contribution in [0.4, 0.5) is 0 Å². The van der Waals surface area contributed by atoms with Gasteiger partial charge in [-0.1, -0.05) is 12.1 Å². The Morgan fingerprint density at radius 2 is 1.19 bits per heavy atom. The van der Waals surface area contributed by atoms with Gasteiger partial charge in [0.1, 0.15) is 11.5 Å². The van der Waals surface area contributed by atoms with Gasteiger partial charge in [-0.25, -0.2) is 0 Å². The van der Waals surface area contributed by atoms with E-state index in [1.54, 1.807) is 24.3 Å². The Bertz CT molecular complexity index is 667. The minimum atomic E-state index is -1.40. The number of rotatable bonds is 7. The van der Waals surface area contributed by atoms with Gasteiger partial charge in [0.15, 0.2) is 0 Å². The third-order valence-electron chi connectivity index (χ3n) is 4.36. The molecule has 2 aliphatic rings. The zero-order chi connectivity index (χ0) is 18.4. The molecule has 26 heavy (non-hydrogen) atoms. The van der Waals surface area contributed by atoms with Gasteiger partial charge in [0, 0.05) is 3.57 Å². The van der Waals surface area contributed by atoms with Crippen LogP contribution in [0.5, 0.6) is 11.5 Å². The SMILES string of the molecule is Ic1ccc(OCC2CC2)cc1.OB(O)c1ccc(OCC2CC2)cc1. The zero-order valence-electron chi connectivity index (χ0n) is 14.7. The fraction of sp³-hybridized carbons (Fsp3) is 0.400. The number of halogens is 1. The van der Waals surface area contributed by atoms with Crippen molar-refractivity contribution in [1.29, 1.82) is 0 Å². The molecule has 0 aromatic heterocycles. The van der Waals surface area contributed by atoms with E-state index in [9.17, 15) is 0 Å². The molecule has 0 spiro atoms. The third kappa shape index (κ3) is 7.17. The van der Waals surface area contributed by atoms with Crippen molar-refractivity contribution >= 4 is 35.2 Å². The Morgan fingerprint density at radius 3 is 1.58 bits per heavy atom. The van der Waals surface area contributed by atoms with Gasteiger partial charge in [0.2, 0.25) is 0 Å². The molecule has 0 saturated heterocycles. The third-order valence-corrected chi connectivity index (χ3v) is 5.08. The van der Waals surface area contributed by atoms with E-state index in [0.717, 1.165) is 36.5 Å². The molecule has 2 N–H and O–H groups in total. The van der Waals surface area contributed by atoms with Gasteiger partial charge in [-0.2, -0.15) is 0 Å². The summed E-state index contributed by atoms with van der Waals surface area (Å²) in [4.78, 5) is 0. The molecule has 6 heteroatoms. The van der Waals surface area contributed by atoms with Crippen LogP contribution in [-0.4, -0.2) is 30.4 Å². The first-order valence-electron chi connectivity index (χ1n) is 9.07. The smallest absolute Gasteiger partial charge is 0.488 e. The number of benzene rings is 2. The van der Waals surface area contributed by atoms with Crippen molar-refractivity contribution in [3.05, 3.63) is 52.1 Å². The quantitative estimate of drug-likeness (QED) is 0.486. The molecule has 0 aliphatic heterocycles. The maximum atomic E-state index is 8.86. The highest BCUT2D eigenvalue weighted by Gasteiger charge is 2.22. The summed E-state index contributed by atoms with van der Waals surface area (Å²) in [7, 11) is -1.40. The van der Waals surface area contributed by atoms with Gasteiger partial charge in [-0.15, -0.1) is 0 Å². The zero-order valence-corrected chi connectivity index (χ0v) is 16.8. The fourth-order valence-electron chi connectivity index (χ4n) is 2.26. The van der Waals surface area contributed by atoms with E-state index >= 15 is 0 Å². The average molecular weight is 466 g/mol. The Hall–Kier alpha value is -1.25. The van der Waals surface area contributed by atoms with Crippen LogP contribution in [0.1, 0.15) is 25.7 Å². The second-order valence-corrected chi connectivity index (χ2v) is 8.15. The fourth-order valence-corrected chi connectivity index (χ4v) is 2.62. The lowest BCUT2D eigenvalue weighted by Gasteiger charge is -2.05. The standard InChI is InChI=1S/C10H13BO3.C10H11IO/c12-11(13)9-3-5-10(6-4-9)14-7-8-1-2-8;11-9-3-5-10(6-4-9)12-7-8-1-2-8/h3-6,8,12-13H,1-2,7H2;3-6,8H,1-2,7H2. The van der Waals surface area contributed by atoms with Crippen LogP contribution in [0.25, 0.3) is 0 Å². The summed E-state index contributed by atoms with van der Waals surface area (Å²) >= 11 is 2.30. The molecule has 0 atom stereocenters. The van der Waals surface area contributed by atoms with Crippen molar-refractivity contribution in [2.45, 2.75) is 25.7 Å². The second kappa shape index (κ2) is 9.62. The average Bonchev–Trinajstić information content (AvgIpc) is 3.55. The highest BCUT2D eigenvalue weighted by molar-refractivity contribution is 14.1. The van der Waals surface area contributed by atoms with Crippen molar-refractivity contribution in [2.75, 3.05) is 13.2 Å². The summed E-state index contributed by atoms with van der Waals surface area (Å²) in [5.41, 5.74) is 0.490. The van der Waals surface area contributed by atoms with Crippen molar-refractivity contribution in [1.82, 2.24) is 0 Å². The summed E-state index contributed by atoms with van der Waals surface area (Å²) in [5.74, 6) is 3.37. The van der Waals surface area contributed by atoms with Gasteiger partial charge in [-0.05, 0) is 102 Å². The van der Waals surface area contributed by atoms with E-state index in [4.69, 9.17) is 19.5 Å². The summed E-state index contributed by atoms with van der Waals surface area (Å²) in [6.45, 7) is 1.68. The second-order valence-electron chi connectivity index (χ2n) is 6.91.